The van der Waals surface area contributed by atoms with Gasteiger partial charge in [0.05, 0.1) is 0 Å². The monoisotopic (exact) mass is 325 g/mol. The second kappa shape index (κ2) is 7.25. The highest BCUT2D eigenvalue weighted by Gasteiger charge is 2.21. The van der Waals surface area contributed by atoms with E-state index >= 15 is 0 Å². The van der Waals surface area contributed by atoms with E-state index in [9.17, 15) is 9.90 Å². The van der Waals surface area contributed by atoms with Gasteiger partial charge in [-0.15, -0.1) is 0 Å². The van der Waals surface area contributed by atoms with Crippen LogP contribution in [0.25, 0.3) is 0 Å². The Morgan fingerprint density at radius 3 is 2.33 bits per heavy atom. The summed E-state index contributed by atoms with van der Waals surface area (Å²) in [6.45, 7) is 3.07. The molecule has 126 valence electrons. The normalized spacial score (nSPS) is 14.7. The summed E-state index contributed by atoms with van der Waals surface area (Å²) in [4.78, 5) is 16.6. The van der Waals surface area contributed by atoms with Crippen molar-refractivity contribution in [3.63, 3.8) is 0 Å². The molecular formula is C19H23N3O2. The lowest BCUT2D eigenvalue weighted by Crippen LogP contribution is -2.48. The minimum Gasteiger partial charge on any atom is -0.508 e. The van der Waals surface area contributed by atoms with Crippen LogP contribution in [0.2, 0.25) is 0 Å². The fourth-order valence-electron chi connectivity index (χ4n) is 3.04. The number of nitrogen functional groups attached to an aromatic ring is 1. The number of nitrogens with zero attached hydrogens (tertiary/aromatic N) is 2. The number of piperazine rings is 1. The standard InChI is InChI=1S/C19H23N3O2/c20-18-4-2-1-3-15(18)5-10-19(24)22-13-11-21(12-14-22)16-6-8-17(23)9-7-16/h1-4,6-9,23H,5,10-14,20H2. The second-order valence-electron chi connectivity index (χ2n) is 6.08. The number of benzene rings is 2. The molecule has 1 fully saturated rings. The van der Waals surface area contributed by atoms with Crippen molar-refractivity contribution < 1.29 is 9.90 Å². The van der Waals surface area contributed by atoms with E-state index in [0.29, 0.717) is 12.8 Å². The first-order valence-electron chi connectivity index (χ1n) is 8.28. The van der Waals surface area contributed by atoms with Crippen molar-refractivity contribution in [2.24, 2.45) is 0 Å². The van der Waals surface area contributed by atoms with Crippen LogP contribution in [0.5, 0.6) is 5.75 Å². The van der Waals surface area contributed by atoms with Gasteiger partial charge in [0.1, 0.15) is 5.75 Å². The Balaban J connectivity index is 1.50. The molecule has 3 rings (SSSR count). The lowest BCUT2D eigenvalue weighted by Gasteiger charge is -2.36. The van der Waals surface area contributed by atoms with Gasteiger partial charge in [0, 0.05) is 44.0 Å². The number of rotatable bonds is 4. The fourth-order valence-corrected chi connectivity index (χ4v) is 3.04. The Morgan fingerprint density at radius 2 is 1.67 bits per heavy atom. The molecule has 2 aromatic rings. The second-order valence-corrected chi connectivity index (χ2v) is 6.08. The van der Waals surface area contributed by atoms with Crippen molar-refractivity contribution in [1.82, 2.24) is 4.90 Å². The van der Waals surface area contributed by atoms with Crippen LogP contribution in [0.15, 0.2) is 48.5 Å². The highest BCUT2D eigenvalue weighted by molar-refractivity contribution is 5.77. The molecule has 1 saturated heterocycles. The molecule has 1 aliphatic rings. The quantitative estimate of drug-likeness (QED) is 0.846. The topological polar surface area (TPSA) is 69.8 Å². The molecule has 2 aromatic carbocycles. The number of hydrogen-bond donors (Lipinski definition) is 2. The van der Waals surface area contributed by atoms with Gasteiger partial charge in [-0.3, -0.25) is 4.79 Å². The van der Waals surface area contributed by atoms with Crippen LogP contribution in [0.1, 0.15) is 12.0 Å². The number of amides is 1. The molecule has 0 saturated carbocycles. The van der Waals surface area contributed by atoms with E-state index in [4.69, 9.17) is 5.73 Å². The number of phenols is 1. The van der Waals surface area contributed by atoms with Gasteiger partial charge in [-0.1, -0.05) is 18.2 Å². The predicted molar refractivity (Wildman–Crippen MR) is 96.1 cm³/mol. The van der Waals surface area contributed by atoms with Gasteiger partial charge < -0.3 is 20.6 Å². The Morgan fingerprint density at radius 1 is 1.00 bits per heavy atom. The van der Waals surface area contributed by atoms with Crippen molar-refractivity contribution in [1.29, 1.82) is 0 Å². The molecule has 3 N–H and O–H groups in total. The van der Waals surface area contributed by atoms with E-state index in [1.165, 1.54) is 0 Å². The molecule has 24 heavy (non-hydrogen) atoms. The fraction of sp³-hybridized carbons (Fsp3) is 0.316. The minimum atomic E-state index is 0.184. The van der Waals surface area contributed by atoms with Gasteiger partial charge in [0.2, 0.25) is 5.91 Å². The summed E-state index contributed by atoms with van der Waals surface area (Å²) in [5.74, 6) is 0.455. The third-order valence-corrected chi connectivity index (χ3v) is 4.51. The van der Waals surface area contributed by atoms with Gasteiger partial charge in [-0.2, -0.15) is 0 Å². The zero-order valence-corrected chi connectivity index (χ0v) is 13.7. The summed E-state index contributed by atoms with van der Waals surface area (Å²) in [5.41, 5.74) is 8.80. The van der Waals surface area contributed by atoms with E-state index in [1.54, 1.807) is 12.1 Å². The molecule has 0 unspecified atom stereocenters. The summed E-state index contributed by atoms with van der Waals surface area (Å²) in [6, 6.07) is 14.9. The maximum atomic E-state index is 12.4. The summed E-state index contributed by atoms with van der Waals surface area (Å²) < 4.78 is 0. The maximum Gasteiger partial charge on any atom is 0.223 e. The van der Waals surface area contributed by atoms with Gasteiger partial charge >= 0.3 is 0 Å². The summed E-state index contributed by atoms with van der Waals surface area (Å²) in [5, 5.41) is 9.36. The predicted octanol–water partition coefficient (Wildman–Crippen LogP) is 2.26. The Labute approximate surface area is 142 Å². The molecule has 0 aliphatic carbocycles. The van der Waals surface area contributed by atoms with Crippen LogP contribution in [0, 0.1) is 0 Å². The number of carbonyl (C=O) groups is 1. The van der Waals surface area contributed by atoms with Crippen LogP contribution in [0.3, 0.4) is 0 Å². The number of phenolic OH excluding ortho intramolecular Hbond substituents is 1. The van der Waals surface area contributed by atoms with Gasteiger partial charge in [-0.05, 0) is 42.3 Å². The average molecular weight is 325 g/mol. The first-order chi connectivity index (χ1) is 11.6. The summed E-state index contributed by atoms with van der Waals surface area (Å²) >= 11 is 0. The number of carbonyl (C=O) groups excluding carboxylic acids is 1. The summed E-state index contributed by atoms with van der Waals surface area (Å²) in [7, 11) is 0. The number of aromatic hydroxyl groups is 1. The third-order valence-electron chi connectivity index (χ3n) is 4.51. The summed E-state index contributed by atoms with van der Waals surface area (Å²) in [6.07, 6.45) is 1.18. The number of anilines is 2. The van der Waals surface area contributed by atoms with E-state index in [1.807, 2.05) is 41.3 Å². The molecule has 0 atom stereocenters. The van der Waals surface area contributed by atoms with Crippen LogP contribution >= 0.6 is 0 Å². The molecule has 0 radical (unpaired) electrons. The van der Waals surface area contributed by atoms with Crippen molar-refractivity contribution >= 4 is 17.3 Å². The van der Waals surface area contributed by atoms with E-state index < -0.39 is 0 Å². The lowest BCUT2D eigenvalue weighted by atomic mass is 10.1. The van der Waals surface area contributed by atoms with E-state index in [2.05, 4.69) is 4.90 Å². The first-order valence-corrected chi connectivity index (χ1v) is 8.28. The van der Waals surface area contributed by atoms with Crippen LogP contribution in [0.4, 0.5) is 11.4 Å². The maximum absolute atomic E-state index is 12.4. The Kier molecular flexibility index (Phi) is 4.89. The number of hydrogen-bond acceptors (Lipinski definition) is 4. The average Bonchev–Trinajstić information content (AvgIpc) is 2.62. The highest BCUT2D eigenvalue weighted by atomic mass is 16.3. The molecule has 0 spiro atoms. The van der Waals surface area contributed by atoms with Crippen molar-refractivity contribution in [2.75, 3.05) is 36.8 Å². The van der Waals surface area contributed by atoms with E-state index in [0.717, 1.165) is 43.1 Å². The first kappa shape index (κ1) is 16.2. The number of aryl methyl sites for hydroxylation is 1. The van der Waals surface area contributed by atoms with E-state index in [-0.39, 0.29) is 11.7 Å². The third kappa shape index (κ3) is 3.79. The zero-order chi connectivity index (χ0) is 16.9. The molecule has 0 aromatic heterocycles. The smallest absolute Gasteiger partial charge is 0.223 e. The highest BCUT2D eigenvalue weighted by Crippen LogP contribution is 2.20. The molecule has 5 nitrogen and oxygen atoms in total. The Bertz CT molecular complexity index is 692. The van der Waals surface area contributed by atoms with Crippen LogP contribution in [-0.4, -0.2) is 42.1 Å². The largest absolute Gasteiger partial charge is 0.508 e. The van der Waals surface area contributed by atoms with Crippen LogP contribution < -0.4 is 10.6 Å². The SMILES string of the molecule is Nc1ccccc1CCC(=O)N1CCN(c2ccc(O)cc2)CC1. The molecule has 1 aliphatic heterocycles. The van der Waals surface area contributed by atoms with Gasteiger partial charge in [0.15, 0.2) is 0 Å². The van der Waals surface area contributed by atoms with Gasteiger partial charge in [0.25, 0.3) is 0 Å². The molecule has 5 heteroatoms. The minimum absolute atomic E-state index is 0.184. The van der Waals surface area contributed by atoms with Gasteiger partial charge in [-0.25, -0.2) is 0 Å². The zero-order valence-electron chi connectivity index (χ0n) is 13.7. The number of nitrogens with two attached hydrogens (primary N) is 1. The van der Waals surface area contributed by atoms with Crippen molar-refractivity contribution in [3.05, 3.63) is 54.1 Å². The molecule has 1 heterocycles. The molecule has 1 amide bonds. The Hall–Kier alpha value is -2.69. The van der Waals surface area contributed by atoms with Crippen molar-refractivity contribution in [2.45, 2.75) is 12.8 Å². The molecule has 0 bridgehead atoms. The lowest BCUT2D eigenvalue weighted by molar-refractivity contribution is -0.131. The van der Waals surface area contributed by atoms with Crippen molar-refractivity contribution in [3.8, 4) is 5.75 Å². The van der Waals surface area contributed by atoms with Crippen LogP contribution in [-0.2, 0) is 11.2 Å². The molecular weight excluding hydrogens is 302 g/mol. The number of para-hydroxylation sites is 1.